The van der Waals surface area contributed by atoms with E-state index in [1.807, 2.05) is 30.3 Å². The predicted octanol–water partition coefficient (Wildman–Crippen LogP) is 2.83. The van der Waals surface area contributed by atoms with E-state index >= 15 is 0 Å². The largest absolute Gasteiger partial charge is 0.467 e. The molecule has 6 heteroatoms. The number of esters is 1. The van der Waals surface area contributed by atoms with E-state index in [1.165, 1.54) is 19.2 Å². The minimum Gasteiger partial charge on any atom is -0.467 e. The second kappa shape index (κ2) is 7.39. The molecule has 0 fully saturated rings. The maximum Gasteiger partial charge on any atom is 0.328 e. The molecule has 0 aliphatic heterocycles. The van der Waals surface area contributed by atoms with E-state index in [4.69, 9.17) is 4.74 Å². The lowest BCUT2D eigenvalue weighted by atomic mass is 10.1. The van der Waals surface area contributed by atoms with Crippen molar-refractivity contribution in [1.82, 2.24) is 9.88 Å². The second-order valence-electron chi connectivity index (χ2n) is 6.03. The van der Waals surface area contributed by atoms with Gasteiger partial charge in [0.05, 0.1) is 12.6 Å². The Morgan fingerprint density at radius 1 is 1.15 bits per heavy atom. The summed E-state index contributed by atoms with van der Waals surface area (Å²) in [5.74, 6) is -1.32. The maximum absolute atomic E-state index is 13.5. The maximum atomic E-state index is 13.5. The number of carbonyl (C=O) groups excluding carboxylic acids is 2. The van der Waals surface area contributed by atoms with E-state index < -0.39 is 17.9 Å². The molecule has 3 rings (SSSR count). The Balaban J connectivity index is 1.86. The zero-order chi connectivity index (χ0) is 18.7. The van der Waals surface area contributed by atoms with Crippen molar-refractivity contribution in [2.24, 2.45) is 7.05 Å². The van der Waals surface area contributed by atoms with Crippen molar-refractivity contribution in [3.05, 3.63) is 71.7 Å². The predicted molar refractivity (Wildman–Crippen MR) is 96.3 cm³/mol. The quantitative estimate of drug-likeness (QED) is 0.717. The topological polar surface area (TPSA) is 60.3 Å². The van der Waals surface area contributed by atoms with Gasteiger partial charge in [0, 0.05) is 18.9 Å². The van der Waals surface area contributed by atoms with Gasteiger partial charge in [0.1, 0.15) is 17.6 Å². The van der Waals surface area contributed by atoms with Crippen LogP contribution in [0.5, 0.6) is 0 Å². The zero-order valence-corrected chi connectivity index (χ0v) is 14.5. The van der Waals surface area contributed by atoms with E-state index in [0.717, 1.165) is 10.9 Å². The number of nitrogens with zero attached hydrogens (tertiary/aromatic N) is 1. The molecule has 0 aliphatic carbocycles. The number of aromatic nitrogens is 1. The van der Waals surface area contributed by atoms with Crippen LogP contribution in [0.15, 0.2) is 54.6 Å². The summed E-state index contributed by atoms with van der Waals surface area (Å²) in [6.07, 6.45) is 0.317. The van der Waals surface area contributed by atoms with Gasteiger partial charge in [-0.05, 0) is 29.8 Å². The van der Waals surface area contributed by atoms with Crippen molar-refractivity contribution < 1.29 is 18.7 Å². The van der Waals surface area contributed by atoms with Crippen molar-refractivity contribution in [2.75, 3.05) is 7.11 Å². The van der Waals surface area contributed by atoms with Crippen LogP contribution < -0.4 is 5.32 Å². The molecule has 0 spiro atoms. The summed E-state index contributed by atoms with van der Waals surface area (Å²) in [5.41, 5.74) is 1.85. The Morgan fingerprint density at radius 3 is 2.58 bits per heavy atom. The van der Waals surface area contributed by atoms with Crippen LogP contribution in [-0.2, 0) is 23.0 Å². The Labute approximate surface area is 150 Å². The fourth-order valence-corrected chi connectivity index (χ4v) is 2.94. The summed E-state index contributed by atoms with van der Waals surface area (Å²) in [4.78, 5) is 24.8. The summed E-state index contributed by atoms with van der Waals surface area (Å²) >= 11 is 0. The van der Waals surface area contributed by atoms with Crippen molar-refractivity contribution in [3.8, 4) is 0 Å². The third-order valence-electron chi connectivity index (χ3n) is 4.31. The molecule has 1 aromatic heterocycles. The number of nitrogens with one attached hydrogen (secondary N) is 1. The minimum atomic E-state index is -0.815. The number of rotatable bonds is 5. The molecule has 3 aromatic rings. The van der Waals surface area contributed by atoms with Crippen LogP contribution in [0.3, 0.4) is 0 Å². The van der Waals surface area contributed by atoms with Crippen LogP contribution in [0.1, 0.15) is 16.1 Å². The van der Waals surface area contributed by atoms with Crippen LogP contribution in [0, 0.1) is 5.82 Å². The van der Waals surface area contributed by atoms with Gasteiger partial charge >= 0.3 is 5.97 Å². The Hall–Kier alpha value is -3.15. The summed E-state index contributed by atoms with van der Waals surface area (Å²) in [6, 6.07) is 14.5. The number of halogens is 1. The first kappa shape index (κ1) is 17.7. The highest BCUT2D eigenvalue weighted by Gasteiger charge is 2.24. The summed E-state index contributed by atoms with van der Waals surface area (Å²) in [7, 11) is 2.97. The minimum absolute atomic E-state index is 0.317. The Morgan fingerprint density at radius 2 is 1.88 bits per heavy atom. The van der Waals surface area contributed by atoms with Gasteiger partial charge in [0.15, 0.2) is 0 Å². The Kier molecular flexibility index (Phi) is 5.02. The number of hydrogen-bond acceptors (Lipinski definition) is 3. The van der Waals surface area contributed by atoms with E-state index in [2.05, 4.69) is 5.32 Å². The van der Waals surface area contributed by atoms with Crippen molar-refractivity contribution in [1.29, 1.82) is 0 Å². The lowest BCUT2D eigenvalue weighted by Gasteiger charge is -2.17. The van der Waals surface area contributed by atoms with Gasteiger partial charge < -0.3 is 14.6 Å². The molecule has 1 heterocycles. The van der Waals surface area contributed by atoms with E-state index in [-0.39, 0.29) is 5.82 Å². The van der Waals surface area contributed by atoms with Gasteiger partial charge in [-0.2, -0.15) is 0 Å². The molecule has 1 atom stereocenters. The first-order chi connectivity index (χ1) is 12.5. The average molecular weight is 354 g/mol. The van der Waals surface area contributed by atoms with E-state index in [9.17, 15) is 14.0 Å². The summed E-state index contributed by atoms with van der Waals surface area (Å²) < 4.78 is 19.9. The van der Waals surface area contributed by atoms with Crippen LogP contribution in [0.25, 0.3) is 10.9 Å². The summed E-state index contributed by atoms with van der Waals surface area (Å²) in [5, 5.41) is 3.47. The number of benzene rings is 2. The van der Waals surface area contributed by atoms with Crippen LogP contribution in [0.2, 0.25) is 0 Å². The lowest BCUT2D eigenvalue weighted by Crippen LogP contribution is -2.43. The fourth-order valence-electron chi connectivity index (χ4n) is 2.94. The monoisotopic (exact) mass is 354 g/mol. The van der Waals surface area contributed by atoms with E-state index in [0.29, 0.717) is 17.6 Å². The molecule has 5 nitrogen and oxygen atoms in total. The van der Waals surface area contributed by atoms with Crippen LogP contribution in [-0.4, -0.2) is 29.6 Å². The molecule has 1 N–H and O–H groups in total. The molecule has 1 unspecified atom stereocenters. The zero-order valence-electron chi connectivity index (χ0n) is 14.5. The highest BCUT2D eigenvalue weighted by Crippen LogP contribution is 2.20. The number of aryl methyl sites for hydroxylation is 1. The third kappa shape index (κ3) is 3.59. The molecule has 1 amide bonds. The van der Waals surface area contributed by atoms with Gasteiger partial charge in [-0.3, -0.25) is 4.79 Å². The molecule has 0 bridgehead atoms. The van der Waals surface area contributed by atoms with Gasteiger partial charge in [-0.1, -0.05) is 30.3 Å². The van der Waals surface area contributed by atoms with Gasteiger partial charge in [-0.15, -0.1) is 0 Å². The molecule has 0 saturated heterocycles. The molecule has 0 saturated carbocycles. The van der Waals surface area contributed by atoms with Crippen LogP contribution >= 0.6 is 0 Å². The standard InChI is InChI=1S/C20H19FN2O3/c1-23-17-12-15(21)9-8-14(17)11-18(23)19(24)22-16(20(25)26-2)10-13-6-4-3-5-7-13/h3-9,11-12,16H,10H2,1-2H3,(H,22,24). The van der Waals surface area contributed by atoms with E-state index in [1.54, 1.807) is 23.7 Å². The molecular weight excluding hydrogens is 335 g/mol. The lowest BCUT2D eigenvalue weighted by molar-refractivity contribution is -0.142. The smallest absolute Gasteiger partial charge is 0.328 e. The molecule has 134 valence electrons. The molecule has 0 aliphatic rings. The SMILES string of the molecule is COC(=O)C(Cc1ccccc1)NC(=O)c1cc2ccc(F)cc2n1C. The Bertz CT molecular complexity index is 950. The number of ether oxygens (including phenoxy) is 1. The first-order valence-corrected chi connectivity index (χ1v) is 8.17. The molecule has 2 aromatic carbocycles. The molecule has 26 heavy (non-hydrogen) atoms. The van der Waals surface area contributed by atoms with Gasteiger partial charge in [0.2, 0.25) is 0 Å². The average Bonchev–Trinajstić information content (AvgIpc) is 2.97. The number of carbonyl (C=O) groups is 2. The number of hydrogen-bond donors (Lipinski definition) is 1. The number of methoxy groups -OCH3 is 1. The van der Waals surface area contributed by atoms with Gasteiger partial charge in [-0.25, -0.2) is 9.18 Å². The molecular formula is C20H19FN2O3. The number of amides is 1. The first-order valence-electron chi connectivity index (χ1n) is 8.17. The van der Waals surface area contributed by atoms with Crippen LogP contribution in [0.4, 0.5) is 4.39 Å². The molecule has 0 radical (unpaired) electrons. The number of fused-ring (bicyclic) bond motifs is 1. The normalized spacial score (nSPS) is 12.0. The highest BCUT2D eigenvalue weighted by atomic mass is 19.1. The van der Waals surface area contributed by atoms with Crippen molar-refractivity contribution >= 4 is 22.8 Å². The second-order valence-corrected chi connectivity index (χ2v) is 6.03. The van der Waals surface area contributed by atoms with Gasteiger partial charge in [0.25, 0.3) is 5.91 Å². The third-order valence-corrected chi connectivity index (χ3v) is 4.31. The highest BCUT2D eigenvalue weighted by molar-refractivity contribution is 6.00. The van der Waals surface area contributed by atoms with Crippen molar-refractivity contribution in [3.63, 3.8) is 0 Å². The fraction of sp³-hybridized carbons (Fsp3) is 0.200. The van der Waals surface area contributed by atoms with Crippen molar-refractivity contribution in [2.45, 2.75) is 12.5 Å². The summed E-state index contributed by atoms with van der Waals surface area (Å²) in [6.45, 7) is 0.